The first kappa shape index (κ1) is 20.7. The standard InChI is InChI=1S/C25H24N6O2/c1-4-18-7-9-19(10-8-18)26-23(32)15-31-25(33)29-11-12-30-22(24(29)28-31)14-21(27-30)20-13-16(2)5-6-17(20)3/h5-14H,4,15H2,1-3H3,(H,26,32). The summed E-state index contributed by atoms with van der Waals surface area (Å²) in [4.78, 5) is 25.4. The molecule has 0 saturated carbocycles. The molecule has 33 heavy (non-hydrogen) atoms. The van der Waals surface area contributed by atoms with Crippen LogP contribution in [0, 0.1) is 13.8 Å². The van der Waals surface area contributed by atoms with Gasteiger partial charge < -0.3 is 5.32 Å². The Bertz CT molecular complexity index is 1560. The molecular weight excluding hydrogens is 416 g/mol. The van der Waals surface area contributed by atoms with E-state index in [1.54, 1.807) is 16.9 Å². The molecule has 0 spiro atoms. The summed E-state index contributed by atoms with van der Waals surface area (Å²) in [6, 6.07) is 15.8. The normalized spacial score (nSPS) is 11.4. The molecule has 2 aromatic carbocycles. The lowest BCUT2D eigenvalue weighted by Gasteiger charge is -2.05. The predicted octanol–water partition coefficient (Wildman–Crippen LogP) is 3.63. The zero-order valence-electron chi connectivity index (χ0n) is 18.7. The molecule has 0 radical (unpaired) electrons. The zero-order chi connectivity index (χ0) is 23.1. The highest BCUT2D eigenvalue weighted by atomic mass is 16.2. The number of nitrogens with one attached hydrogen (secondary N) is 1. The van der Waals surface area contributed by atoms with Crippen molar-refractivity contribution >= 4 is 22.8 Å². The van der Waals surface area contributed by atoms with Crippen molar-refractivity contribution in [3.63, 3.8) is 0 Å². The van der Waals surface area contributed by atoms with E-state index < -0.39 is 0 Å². The number of fused-ring (bicyclic) bond motifs is 3. The molecule has 8 heteroatoms. The third-order valence-electron chi connectivity index (χ3n) is 5.80. The number of benzene rings is 2. The van der Waals surface area contributed by atoms with Crippen molar-refractivity contribution in [1.82, 2.24) is 23.8 Å². The Balaban J connectivity index is 1.48. The lowest BCUT2D eigenvalue weighted by Crippen LogP contribution is -2.28. The third kappa shape index (κ3) is 3.80. The molecule has 0 aliphatic carbocycles. The van der Waals surface area contributed by atoms with Crippen LogP contribution in [0.15, 0.2) is 65.7 Å². The van der Waals surface area contributed by atoms with Gasteiger partial charge >= 0.3 is 5.69 Å². The fourth-order valence-corrected chi connectivity index (χ4v) is 3.94. The highest BCUT2D eigenvalue weighted by Crippen LogP contribution is 2.25. The minimum absolute atomic E-state index is 0.180. The summed E-state index contributed by atoms with van der Waals surface area (Å²) in [5, 5.41) is 11.9. The van der Waals surface area contributed by atoms with E-state index in [9.17, 15) is 9.59 Å². The molecule has 5 aromatic rings. The zero-order valence-corrected chi connectivity index (χ0v) is 18.7. The molecule has 1 N–H and O–H groups in total. The molecule has 0 saturated heterocycles. The summed E-state index contributed by atoms with van der Waals surface area (Å²) in [6.07, 6.45) is 4.27. The van der Waals surface area contributed by atoms with Crippen molar-refractivity contribution in [2.75, 3.05) is 5.32 Å². The lowest BCUT2D eigenvalue weighted by molar-refractivity contribution is -0.117. The lowest BCUT2D eigenvalue weighted by atomic mass is 10.0. The van der Waals surface area contributed by atoms with Crippen molar-refractivity contribution in [3.05, 3.63) is 88.1 Å². The largest absolute Gasteiger partial charge is 0.350 e. The molecule has 1 amide bonds. The Morgan fingerprint density at radius 1 is 1.00 bits per heavy atom. The number of anilines is 1. The predicted molar refractivity (Wildman–Crippen MR) is 128 cm³/mol. The van der Waals surface area contributed by atoms with E-state index in [2.05, 4.69) is 40.6 Å². The van der Waals surface area contributed by atoms with E-state index in [0.717, 1.165) is 28.8 Å². The molecular formula is C25H24N6O2. The second kappa shape index (κ2) is 8.05. The molecule has 0 aliphatic heterocycles. The topological polar surface area (TPSA) is 85.7 Å². The van der Waals surface area contributed by atoms with Crippen LogP contribution in [0.1, 0.15) is 23.6 Å². The number of nitrogens with zero attached hydrogens (tertiary/aromatic N) is 5. The van der Waals surface area contributed by atoms with Crippen LogP contribution >= 0.6 is 0 Å². The molecule has 0 unspecified atom stereocenters. The van der Waals surface area contributed by atoms with E-state index in [1.807, 2.05) is 44.2 Å². The highest BCUT2D eigenvalue weighted by molar-refractivity contribution is 5.90. The highest BCUT2D eigenvalue weighted by Gasteiger charge is 2.16. The molecule has 166 valence electrons. The van der Waals surface area contributed by atoms with E-state index in [0.29, 0.717) is 16.9 Å². The van der Waals surface area contributed by atoms with Crippen molar-refractivity contribution in [3.8, 4) is 11.3 Å². The van der Waals surface area contributed by atoms with Crippen molar-refractivity contribution in [1.29, 1.82) is 0 Å². The van der Waals surface area contributed by atoms with Gasteiger partial charge in [0.1, 0.15) is 12.1 Å². The van der Waals surface area contributed by atoms with E-state index >= 15 is 0 Å². The number of aryl methyl sites for hydroxylation is 3. The number of hydrogen-bond donors (Lipinski definition) is 1. The number of rotatable bonds is 5. The fourth-order valence-electron chi connectivity index (χ4n) is 3.94. The number of aromatic nitrogens is 5. The van der Waals surface area contributed by atoms with Gasteiger partial charge in [-0.3, -0.25) is 4.79 Å². The van der Waals surface area contributed by atoms with Crippen molar-refractivity contribution < 1.29 is 4.79 Å². The maximum absolute atomic E-state index is 12.9. The Morgan fingerprint density at radius 2 is 1.79 bits per heavy atom. The Hall–Kier alpha value is -4.20. The molecule has 3 aromatic heterocycles. The first-order chi connectivity index (χ1) is 15.9. The quantitative estimate of drug-likeness (QED) is 0.452. The number of amides is 1. The number of carbonyl (C=O) groups excluding carboxylic acids is 1. The monoisotopic (exact) mass is 440 g/mol. The van der Waals surface area contributed by atoms with Gasteiger partial charge in [0, 0.05) is 23.6 Å². The maximum atomic E-state index is 12.9. The molecule has 3 heterocycles. The summed E-state index contributed by atoms with van der Waals surface area (Å²) in [6.45, 7) is 5.98. The first-order valence-electron chi connectivity index (χ1n) is 10.9. The summed E-state index contributed by atoms with van der Waals surface area (Å²) >= 11 is 0. The third-order valence-corrected chi connectivity index (χ3v) is 5.80. The second-order valence-corrected chi connectivity index (χ2v) is 8.21. The van der Waals surface area contributed by atoms with Crippen LogP contribution in [0.3, 0.4) is 0 Å². The molecule has 0 bridgehead atoms. The average Bonchev–Trinajstić information content (AvgIpc) is 3.37. The van der Waals surface area contributed by atoms with E-state index in [1.165, 1.54) is 14.6 Å². The van der Waals surface area contributed by atoms with Gasteiger partial charge in [-0.15, -0.1) is 5.10 Å². The van der Waals surface area contributed by atoms with Crippen molar-refractivity contribution in [2.45, 2.75) is 33.7 Å². The van der Waals surface area contributed by atoms with E-state index in [4.69, 9.17) is 0 Å². The van der Waals surface area contributed by atoms with Gasteiger partial charge in [0.05, 0.1) is 5.69 Å². The van der Waals surface area contributed by atoms with Crippen LogP contribution in [-0.2, 0) is 17.8 Å². The van der Waals surface area contributed by atoms with Crippen LogP contribution in [0.4, 0.5) is 5.69 Å². The van der Waals surface area contributed by atoms with Crippen LogP contribution in [0.5, 0.6) is 0 Å². The fraction of sp³-hybridized carbons (Fsp3) is 0.200. The van der Waals surface area contributed by atoms with Gasteiger partial charge in [0.2, 0.25) is 5.91 Å². The van der Waals surface area contributed by atoms with E-state index in [-0.39, 0.29) is 18.1 Å². The van der Waals surface area contributed by atoms with Gasteiger partial charge in [0.25, 0.3) is 0 Å². The minimum atomic E-state index is -0.376. The molecule has 0 fully saturated rings. The van der Waals surface area contributed by atoms with Gasteiger partial charge in [0.15, 0.2) is 5.65 Å². The molecule has 0 atom stereocenters. The summed E-state index contributed by atoms with van der Waals surface area (Å²) in [7, 11) is 0. The summed E-state index contributed by atoms with van der Waals surface area (Å²) in [5.74, 6) is -0.314. The number of hydrogen-bond acceptors (Lipinski definition) is 4. The minimum Gasteiger partial charge on any atom is -0.324 e. The first-order valence-corrected chi connectivity index (χ1v) is 10.9. The van der Waals surface area contributed by atoms with Crippen LogP contribution in [0.25, 0.3) is 22.4 Å². The SMILES string of the molecule is CCc1ccc(NC(=O)Cn2nc3c4cc(-c5cc(C)ccc5C)nn4ccn3c2=O)cc1. The van der Waals surface area contributed by atoms with Gasteiger partial charge in [-0.1, -0.05) is 36.8 Å². The van der Waals surface area contributed by atoms with Gasteiger partial charge in [-0.2, -0.15) is 5.10 Å². The Labute approximate surface area is 190 Å². The second-order valence-electron chi connectivity index (χ2n) is 8.21. The van der Waals surface area contributed by atoms with Gasteiger partial charge in [-0.25, -0.2) is 18.4 Å². The summed E-state index contributed by atoms with van der Waals surface area (Å²) in [5.41, 5.74) is 6.75. The molecule has 5 rings (SSSR count). The summed E-state index contributed by atoms with van der Waals surface area (Å²) < 4.78 is 4.32. The average molecular weight is 441 g/mol. The van der Waals surface area contributed by atoms with Gasteiger partial charge in [-0.05, 0) is 55.7 Å². The van der Waals surface area contributed by atoms with Crippen LogP contribution in [0.2, 0.25) is 0 Å². The number of carbonyl (C=O) groups is 1. The molecule has 0 aliphatic rings. The van der Waals surface area contributed by atoms with Crippen LogP contribution in [-0.4, -0.2) is 29.7 Å². The molecule has 8 nitrogen and oxygen atoms in total. The smallest absolute Gasteiger partial charge is 0.324 e. The Morgan fingerprint density at radius 3 is 2.55 bits per heavy atom. The van der Waals surface area contributed by atoms with Crippen molar-refractivity contribution in [2.24, 2.45) is 0 Å². The Kier molecular flexibility index (Phi) is 5.05. The maximum Gasteiger partial charge on any atom is 0.350 e. The van der Waals surface area contributed by atoms with Crippen LogP contribution < -0.4 is 11.0 Å².